The Kier molecular flexibility index (Phi) is 4.68. The molecule has 1 aliphatic rings. The first kappa shape index (κ1) is 14.5. The van der Waals surface area contributed by atoms with E-state index in [1.54, 1.807) is 25.6 Å². The SMILES string of the molecule is COCC1(NC(=O)/C=C/c2cnc(N)nc2)CCCC1. The lowest BCUT2D eigenvalue weighted by Gasteiger charge is -2.28. The van der Waals surface area contributed by atoms with Crippen molar-refractivity contribution in [3.63, 3.8) is 0 Å². The van der Waals surface area contributed by atoms with Crippen LogP contribution in [0.3, 0.4) is 0 Å². The van der Waals surface area contributed by atoms with Gasteiger partial charge < -0.3 is 15.8 Å². The van der Waals surface area contributed by atoms with Gasteiger partial charge in [-0.25, -0.2) is 9.97 Å². The van der Waals surface area contributed by atoms with E-state index in [0.29, 0.717) is 6.61 Å². The average molecular weight is 276 g/mol. The molecule has 108 valence electrons. The van der Waals surface area contributed by atoms with Gasteiger partial charge in [0.1, 0.15) is 0 Å². The van der Waals surface area contributed by atoms with Gasteiger partial charge >= 0.3 is 0 Å². The summed E-state index contributed by atoms with van der Waals surface area (Å²) >= 11 is 0. The van der Waals surface area contributed by atoms with Gasteiger partial charge in [0.2, 0.25) is 11.9 Å². The van der Waals surface area contributed by atoms with Crippen molar-refractivity contribution in [1.29, 1.82) is 0 Å². The van der Waals surface area contributed by atoms with Gasteiger partial charge in [-0.15, -0.1) is 0 Å². The lowest BCUT2D eigenvalue weighted by molar-refractivity contribution is -0.119. The van der Waals surface area contributed by atoms with E-state index in [-0.39, 0.29) is 17.4 Å². The number of nitrogens with zero attached hydrogens (tertiary/aromatic N) is 2. The number of nitrogen functional groups attached to an aromatic ring is 1. The summed E-state index contributed by atoms with van der Waals surface area (Å²) in [6.07, 6.45) is 10.5. The van der Waals surface area contributed by atoms with Crippen LogP contribution < -0.4 is 11.1 Å². The van der Waals surface area contributed by atoms with E-state index in [1.807, 2.05) is 0 Å². The lowest BCUT2D eigenvalue weighted by atomic mass is 9.99. The van der Waals surface area contributed by atoms with Gasteiger partial charge in [0.05, 0.1) is 12.1 Å². The van der Waals surface area contributed by atoms with Gasteiger partial charge in [0, 0.05) is 31.1 Å². The van der Waals surface area contributed by atoms with Crippen LogP contribution in [0.1, 0.15) is 31.2 Å². The first-order valence-electron chi connectivity index (χ1n) is 6.70. The molecule has 0 saturated heterocycles. The molecule has 1 fully saturated rings. The highest BCUT2D eigenvalue weighted by Gasteiger charge is 2.34. The fraction of sp³-hybridized carbons (Fsp3) is 0.500. The summed E-state index contributed by atoms with van der Waals surface area (Å²) in [4.78, 5) is 19.7. The standard InChI is InChI=1S/C14H20N4O2/c1-20-10-14(6-2-3-7-14)18-12(19)5-4-11-8-16-13(15)17-9-11/h4-5,8-9H,2-3,6-7,10H2,1H3,(H,18,19)(H2,15,16,17)/b5-4+. The van der Waals surface area contributed by atoms with Gasteiger partial charge in [-0.1, -0.05) is 12.8 Å². The van der Waals surface area contributed by atoms with E-state index in [9.17, 15) is 4.79 Å². The quantitative estimate of drug-likeness (QED) is 0.787. The van der Waals surface area contributed by atoms with Gasteiger partial charge in [-0.3, -0.25) is 4.79 Å². The zero-order chi connectivity index (χ0) is 14.4. The number of carbonyl (C=O) groups excluding carboxylic acids is 1. The van der Waals surface area contributed by atoms with Crippen molar-refractivity contribution in [2.75, 3.05) is 19.5 Å². The maximum absolute atomic E-state index is 12.0. The van der Waals surface area contributed by atoms with Crippen LogP contribution in [0, 0.1) is 0 Å². The zero-order valence-corrected chi connectivity index (χ0v) is 11.6. The Hall–Kier alpha value is -1.95. The van der Waals surface area contributed by atoms with E-state index < -0.39 is 0 Å². The Balaban J connectivity index is 1.95. The summed E-state index contributed by atoms with van der Waals surface area (Å²) in [5, 5.41) is 3.06. The van der Waals surface area contributed by atoms with Crippen molar-refractivity contribution in [2.45, 2.75) is 31.2 Å². The van der Waals surface area contributed by atoms with Crippen LogP contribution >= 0.6 is 0 Å². The van der Waals surface area contributed by atoms with Crippen molar-refractivity contribution in [1.82, 2.24) is 15.3 Å². The Bertz CT molecular complexity index is 478. The highest BCUT2D eigenvalue weighted by atomic mass is 16.5. The molecule has 1 amide bonds. The Morgan fingerprint density at radius 2 is 2.10 bits per heavy atom. The summed E-state index contributed by atoms with van der Waals surface area (Å²) in [6, 6.07) is 0. The molecule has 1 aromatic rings. The van der Waals surface area contributed by atoms with Gasteiger partial charge in [-0.2, -0.15) is 0 Å². The maximum Gasteiger partial charge on any atom is 0.244 e. The minimum absolute atomic E-state index is 0.124. The molecule has 0 radical (unpaired) electrons. The van der Waals surface area contributed by atoms with E-state index >= 15 is 0 Å². The molecule has 20 heavy (non-hydrogen) atoms. The van der Waals surface area contributed by atoms with E-state index in [1.165, 1.54) is 6.08 Å². The van der Waals surface area contributed by atoms with Crippen LogP contribution in [0.15, 0.2) is 18.5 Å². The molecule has 0 aromatic carbocycles. The van der Waals surface area contributed by atoms with Gasteiger partial charge in [0.15, 0.2) is 0 Å². The van der Waals surface area contributed by atoms with Crippen molar-refractivity contribution in [3.8, 4) is 0 Å². The first-order valence-corrected chi connectivity index (χ1v) is 6.70. The summed E-state index contributed by atoms with van der Waals surface area (Å²) in [7, 11) is 1.66. The zero-order valence-electron chi connectivity index (χ0n) is 11.6. The van der Waals surface area contributed by atoms with Crippen molar-refractivity contribution < 1.29 is 9.53 Å². The topological polar surface area (TPSA) is 90.1 Å². The molecule has 1 heterocycles. The van der Waals surface area contributed by atoms with Crippen LogP contribution in [0.5, 0.6) is 0 Å². The number of hydrogen-bond acceptors (Lipinski definition) is 5. The minimum Gasteiger partial charge on any atom is -0.382 e. The Labute approximate surface area is 118 Å². The molecule has 0 bridgehead atoms. The third-order valence-electron chi connectivity index (χ3n) is 3.49. The second-order valence-electron chi connectivity index (χ2n) is 5.12. The summed E-state index contributed by atoms with van der Waals surface area (Å²) in [6.45, 7) is 0.553. The fourth-order valence-corrected chi connectivity index (χ4v) is 2.54. The van der Waals surface area contributed by atoms with Crippen molar-refractivity contribution in [3.05, 3.63) is 24.0 Å². The summed E-state index contributed by atoms with van der Waals surface area (Å²) < 4.78 is 5.23. The predicted octanol–water partition coefficient (Wildman–Crippen LogP) is 1.15. The second kappa shape index (κ2) is 6.47. The molecule has 3 N–H and O–H groups in total. The number of anilines is 1. The number of amides is 1. The van der Waals surface area contributed by atoms with Crippen LogP contribution in [0.4, 0.5) is 5.95 Å². The molecule has 0 spiro atoms. The van der Waals surface area contributed by atoms with Crippen LogP contribution in [-0.4, -0.2) is 35.1 Å². The van der Waals surface area contributed by atoms with Gasteiger partial charge in [-0.05, 0) is 18.9 Å². The van der Waals surface area contributed by atoms with E-state index in [2.05, 4.69) is 15.3 Å². The molecule has 0 atom stereocenters. The molecule has 0 unspecified atom stereocenters. The van der Waals surface area contributed by atoms with Crippen LogP contribution in [0.25, 0.3) is 6.08 Å². The number of nitrogens with one attached hydrogen (secondary N) is 1. The smallest absolute Gasteiger partial charge is 0.244 e. The minimum atomic E-state index is -0.214. The van der Waals surface area contributed by atoms with Crippen molar-refractivity contribution in [2.24, 2.45) is 0 Å². The molecule has 1 saturated carbocycles. The fourth-order valence-electron chi connectivity index (χ4n) is 2.54. The van der Waals surface area contributed by atoms with Gasteiger partial charge in [0.25, 0.3) is 0 Å². The Morgan fingerprint density at radius 1 is 1.45 bits per heavy atom. The van der Waals surface area contributed by atoms with E-state index in [4.69, 9.17) is 10.5 Å². The number of aromatic nitrogens is 2. The molecule has 6 heteroatoms. The third-order valence-corrected chi connectivity index (χ3v) is 3.49. The normalized spacial score (nSPS) is 17.4. The molecular weight excluding hydrogens is 256 g/mol. The first-order chi connectivity index (χ1) is 9.63. The largest absolute Gasteiger partial charge is 0.382 e. The van der Waals surface area contributed by atoms with Crippen molar-refractivity contribution >= 4 is 17.9 Å². The number of hydrogen-bond donors (Lipinski definition) is 2. The molecule has 0 aliphatic heterocycles. The number of carbonyl (C=O) groups is 1. The number of ether oxygens (including phenoxy) is 1. The predicted molar refractivity (Wildman–Crippen MR) is 76.7 cm³/mol. The third kappa shape index (κ3) is 3.77. The molecule has 6 nitrogen and oxygen atoms in total. The highest BCUT2D eigenvalue weighted by Crippen LogP contribution is 2.29. The molecule has 1 aliphatic carbocycles. The van der Waals surface area contributed by atoms with Crippen LogP contribution in [0.2, 0.25) is 0 Å². The summed E-state index contributed by atoms with van der Waals surface area (Å²) in [5.74, 6) is 0.0948. The second-order valence-corrected chi connectivity index (χ2v) is 5.12. The maximum atomic E-state index is 12.0. The average Bonchev–Trinajstić information content (AvgIpc) is 2.87. The lowest BCUT2D eigenvalue weighted by Crippen LogP contribution is -2.49. The number of methoxy groups -OCH3 is 1. The molecular formula is C14H20N4O2. The van der Waals surface area contributed by atoms with Crippen LogP contribution in [-0.2, 0) is 9.53 Å². The molecule has 2 rings (SSSR count). The Morgan fingerprint density at radius 3 is 2.70 bits per heavy atom. The number of rotatable bonds is 5. The number of nitrogens with two attached hydrogens (primary N) is 1. The van der Waals surface area contributed by atoms with E-state index in [0.717, 1.165) is 31.2 Å². The highest BCUT2D eigenvalue weighted by molar-refractivity contribution is 5.92. The molecule has 1 aromatic heterocycles. The summed E-state index contributed by atoms with van der Waals surface area (Å²) in [5.41, 5.74) is 5.93. The monoisotopic (exact) mass is 276 g/mol.